The van der Waals surface area contributed by atoms with Crippen molar-refractivity contribution in [2.75, 3.05) is 0 Å². The van der Waals surface area contributed by atoms with E-state index in [-0.39, 0.29) is 0 Å². The van der Waals surface area contributed by atoms with E-state index in [1.807, 2.05) is 0 Å². The molecule has 0 N–H and O–H groups in total. The van der Waals surface area contributed by atoms with Gasteiger partial charge in [-0.1, -0.05) is 0 Å². The van der Waals surface area contributed by atoms with Crippen LogP contribution in [0.5, 0.6) is 0 Å². The Labute approximate surface area is 79.2 Å². The average molecular weight is 230 g/mol. The number of hydrogen-bond acceptors (Lipinski definition) is 4. The number of alkyl halides is 3. The van der Waals surface area contributed by atoms with E-state index in [0.717, 1.165) is 20.0 Å². The van der Waals surface area contributed by atoms with Gasteiger partial charge in [-0.25, -0.2) is 4.79 Å². The molecule has 0 heterocycles. The molecule has 8 heteroatoms. The molecule has 0 bridgehead atoms. The van der Waals surface area contributed by atoms with E-state index in [4.69, 9.17) is 0 Å². The van der Waals surface area contributed by atoms with Gasteiger partial charge in [-0.15, -0.1) is 0 Å². The van der Waals surface area contributed by atoms with Crippen molar-refractivity contribution in [3.05, 3.63) is 0 Å². The van der Waals surface area contributed by atoms with Crippen LogP contribution in [-0.4, -0.2) is 26.7 Å². The summed E-state index contributed by atoms with van der Waals surface area (Å²) in [5.74, 6) is -3.12. The second-order valence-corrected chi connectivity index (χ2v) is 6.09. The Morgan fingerprint density at radius 3 is 1.86 bits per heavy atom. The summed E-state index contributed by atoms with van der Waals surface area (Å²) in [6.07, 6.45) is -5.07. The third kappa shape index (κ3) is 4.85. The summed E-state index contributed by atoms with van der Waals surface area (Å²) in [6, 6.07) is 0. The third-order valence-corrected chi connectivity index (χ3v) is 2.42. The molecule has 0 unspecified atom stereocenters. The summed E-state index contributed by atoms with van der Waals surface area (Å²) in [7, 11) is -3.36. The van der Waals surface area contributed by atoms with Crippen LogP contribution < -0.4 is 0 Å². The minimum atomic E-state index is -5.07. The first kappa shape index (κ1) is 12.9. The van der Waals surface area contributed by atoms with E-state index < -0.39 is 26.7 Å². The molecular weight excluding hydrogens is 221 g/mol. The summed E-state index contributed by atoms with van der Waals surface area (Å²) >= 11 is 0. The first-order chi connectivity index (χ1) is 6.04. The zero-order chi connectivity index (χ0) is 11.6. The molecule has 0 rings (SSSR count). The molecule has 0 saturated heterocycles. The van der Waals surface area contributed by atoms with E-state index >= 15 is 0 Å². The van der Waals surface area contributed by atoms with Crippen LogP contribution >= 0.6 is 0 Å². The minimum absolute atomic E-state index is 0.781. The van der Waals surface area contributed by atoms with Crippen molar-refractivity contribution < 1.29 is 31.6 Å². The van der Waals surface area contributed by atoms with Crippen molar-refractivity contribution in [1.29, 1.82) is 0 Å². The molecule has 0 aromatic heterocycles. The number of rotatable bonds is 2. The fraction of sp³-hybridized carbons (Fsp3) is 0.667. The second-order valence-electron chi connectivity index (χ2n) is 2.88. The van der Waals surface area contributed by atoms with Crippen LogP contribution in [-0.2, 0) is 18.4 Å². The van der Waals surface area contributed by atoms with Gasteiger partial charge >= 0.3 is 20.7 Å². The maximum absolute atomic E-state index is 11.7. The van der Waals surface area contributed by atoms with Crippen molar-refractivity contribution in [2.45, 2.75) is 26.2 Å². The summed E-state index contributed by atoms with van der Waals surface area (Å²) in [6.45, 7) is 3.35. The molecular formula is C6H9F3O4Si. The number of carbonyl (C=O) groups is 2. The molecule has 0 saturated carbocycles. The maximum Gasteiger partial charge on any atom is 0.489 e. The standard InChI is InChI=1S/C6H9F3O4Si/c1-4(10)12-14(2,3)13-5(11)6(7,8)9/h1-3H3. The van der Waals surface area contributed by atoms with Gasteiger partial charge in [0.15, 0.2) is 0 Å². The van der Waals surface area contributed by atoms with Gasteiger partial charge in [0.25, 0.3) is 5.97 Å². The maximum atomic E-state index is 11.7. The van der Waals surface area contributed by atoms with Gasteiger partial charge in [0.1, 0.15) is 0 Å². The van der Waals surface area contributed by atoms with Crippen molar-refractivity contribution in [3.8, 4) is 0 Å². The average Bonchev–Trinajstić information content (AvgIpc) is 1.79. The zero-order valence-corrected chi connectivity index (χ0v) is 8.77. The molecule has 0 spiro atoms. The van der Waals surface area contributed by atoms with E-state index in [2.05, 4.69) is 8.85 Å². The van der Waals surface area contributed by atoms with Crippen LogP contribution in [0.1, 0.15) is 6.92 Å². The van der Waals surface area contributed by atoms with Gasteiger partial charge in [0.2, 0.25) is 0 Å². The topological polar surface area (TPSA) is 52.6 Å². The van der Waals surface area contributed by atoms with Crippen molar-refractivity contribution in [2.24, 2.45) is 0 Å². The van der Waals surface area contributed by atoms with Crippen molar-refractivity contribution in [3.63, 3.8) is 0 Å². The number of hydrogen-bond donors (Lipinski definition) is 0. The van der Waals surface area contributed by atoms with E-state index in [1.165, 1.54) is 0 Å². The molecule has 0 aliphatic heterocycles. The molecule has 0 atom stereocenters. The highest BCUT2D eigenvalue weighted by atomic mass is 28.4. The SMILES string of the molecule is CC(=O)O[Si](C)(C)OC(=O)C(F)(F)F. The first-order valence-electron chi connectivity index (χ1n) is 3.54. The molecule has 0 amide bonds. The highest BCUT2D eigenvalue weighted by Crippen LogP contribution is 2.20. The zero-order valence-electron chi connectivity index (χ0n) is 7.77. The minimum Gasteiger partial charge on any atom is -0.485 e. The quantitative estimate of drug-likeness (QED) is 0.672. The highest BCUT2D eigenvalue weighted by Gasteiger charge is 2.46. The Bertz CT molecular complexity index is 248. The molecule has 0 aromatic carbocycles. The Balaban J connectivity index is 4.37. The molecule has 14 heavy (non-hydrogen) atoms. The summed E-state index contributed by atoms with van der Waals surface area (Å²) in [5, 5.41) is 0. The van der Waals surface area contributed by atoms with E-state index in [1.54, 1.807) is 0 Å². The summed E-state index contributed by atoms with van der Waals surface area (Å²) < 4.78 is 43.7. The van der Waals surface area contributed by atoms with Crippen LogP contribution in [0.2, 0.25) is 13.1 Å². The predicted molar refractivity (Wildman–Crippen MR) is 41.4 cm³/mol. The molecule has 0 radical (unpaired) electrons. The van der Waals surface area contributed by atoms with E-state index in [0.29, 0.717) is 0 Å². The van der Waals surface area contributed by atoms with Gasteiger partial charge in [-0.05, 0) is 0 Å². The molecule has 0 fully saturated rings. The smallest absolute Gasteiger partial charge is 0.485 e. The van der Waals surface area contributed by atoms with Crippen molar-refractivity contribution >= 4 is 20.5 Å². The molecule has 0 aromatic rings. The number of halogens is 3. The Morgan fingerprint density at radius 1 is 1.14 bits per heavy atom. The van der Waals surface area contributed by atoms with Crippen LogP contribution in [0.3, 0.4) is 0 Å². The van der Waals surface area contributed by atoms with Gasteiger partial charge < -0.3 is 8.85 Å². The Hall–Kier alpha value is -1.05. The van der Waals surface area contributed by atoms with Crippen LogP contribution in [0.4, 0.5) is 13.2 Å². The summed E-state index contributed by atoms with van der Waals surface area (Å²) in [4.78, 5) is 20.8. The summed E-state index contributed by atoms with van der Waals surface area (Å²) in [5.41, 5.74) is 0. The lowest BCUT2D eigenvalue weighted by Gasteiger charge is -2.21. The molecule has 4 nitrogen and oxygen atoms in total. The molecule has 0 aliphatic carbocycles. The first-order valence-corrected chi connectivity index (χ1v) is 6.36. The fourth-order valence-corrected chi connectivity index (χ4v) is 1.94. The van der Waals surface area contributed by atoms with Gasteiger partial charge in [-0.2, -0.15) is 13.2 Å². The van der Waals surface area contributed by atoms with Crippen molar-refractivity contribution in [1.82, 2.24) is 0 Å². The monoisotopic (exact) mass is 230 g/mol. The largest absolute Gasteiger partial charge is 0.489 e. The highest BCUT2D eigenvalue weighted by molar-refractivity contribution is 6.67. The second kappa shape index (κ2) is 3.99. The lowest BCUT2D eigenvalue weighted by Crippen LogP contribution is -2.42. The van der Waals surface area contributed by atoms with Crippen LogP contribution in [0, 0.1) is 0 Å². The van der Waals surface area contributed by atoms with Gasteiger partial charge in [0, 0.05) is 20.0 Å². The Kier molecular flexibility index (Phi) is 3.69. The lowest BCUT2D eigenvalue weighted by molar-refractivity contribution is -0.192. The van der Waals surface area contributed by atoms with Gasteiger partial charge in [0.05, 0.1) is 0 Å². The Morgan fingerprint density at radius 2 is 1.57 bits per heavy atom. The molecule has 0 aliphatic rings. The predicted octanol–water partition coefficient (Wildman–Crippen LogP) is 1.36. The van der Waals surface area contributed by atoms with Crippen LogP contribution in [0.15, 0.2) is 0 Å². The van der Waals surface area contributed by atoms with E-state index in [9.17, 15) is 22.8 Å². The van der Waals surface area contributed by atoms with Gasteiger partial charge in [-0.3, -0.25) is 4.79 Å². The molecule has 82 valence electrons. The third-order valence-electron chi connectivity index (χ3n) is 0.959. The number of carbonyl (C=O) groups excluding carboxylic acids is 2. The normalized spacial score (nSPS) is 12.1. The van der Waals surface area contributed by atoms with Crippen LogP contribution in [0.25, 0.3) is 0 Å². The fourth-order valence-electron chi connectivity index (χ4n) is 0.648. The lowest BCUT2D eigenvalue weighted by atomic mass is 10.7.